The average Bonchev–Trinajstić information content (AvgIpc) is 3.46. The van der Waals surface area contributed by atoms with Crippen molar-refractivity contribution in [3.05, 3.63) is 102 Å². The van der Waals surface area contributed by atoms with E-state index in [1.165, 1.54) is 20.1 Å². The van der Waals surface area contributed by atoms with Crippen LogP contribution in [0.4, 0.5) is 4.39 Å². The van der Waals surface area contributed by atoms with Crippen molar-refractivity contribution in [1.82, 2.24) is 14.1 Å². The van der Waals surface area contributed by atoms with Gasteiger partial charge in [-0.15, -0.1) is 0 Å². The molecule has 3 aromatic carbocycles. The van der Waals surface area contributed by atoms with Gasteiger partial charge in [-0.25, -0.2) is 14.2 Å². The minimum absolute atomic E-state index is 0.144. The van der Waals surface area contributed by atoms with Gasteiger partial charge in [-0.3, -0.25) is 9.36 Å². The van der Waals surface area contributed by atoms with Crippen LogP contribution in [-0.4, -0.2) is 33.1 Å². The van der Waals surface area contributed by atoms with E-state index in [-0.39, 0.29) is 24.0 Å². The molecule has 0 fully saturated rings. The molecule has 6 aromatic rings. The summed E-state index contributed by atoms with van der Waals surface area (Å²) < 4.78 is 23.4. The van der Waals surface area contributed by atoms with Crippen molar-refractivity contribution in [3.63, 3.8) is 0 Å². The second-order valence-corrected chi connectivity index (χ2v) is 8.89. The van der Waals surface area contributed by atoms with E-state index in [1.54, 1.807) is 35.0 Å². The van der Waals surface area contributed by atoms with E-state index >= 15 is 0 Å². The van der Waals surface area contributed by atoms with Crippen LogP contribution in [-0.2, 0) is 11.3 Å². The van der Waals surface area contributed by atoms with E-state index in [4.69, 9.17) is 9.72 Å². The Morgan fingerprint density at radius 1 is 0.892 bits per heavy atom. The number of benzene rings is 3. The fraction of sp³-hybridized carbons (Fsp3) is 0.100. The molecule has 0 saturated carbocycles. The summed E-state index contributed by atoms with van der Waals surface area (Å²) in [5.74, 6) is -1.01. The Morgan fingerprint density at radius 3 is 2.30 bits per heavy atom. The molecule has 7 heteroatoms. The van der Waals surface area contributed by atoms with Crippen molar-refractivity contribution >= 4 is 44.6 Å². The van der Waals surface area contributed by atoms with E-state index in [0.29, 0.717) is 16.8 Å². The molecule has 37 heavy (non-hydrogen) atoms. The highest BCUT2D eigenvalue weighted by Gasteiger charge is 2.24. The van der Waals surface area contributed by atoms with E-state index in [0.717, 1.165) is 32.7 Å². The third-order valence-corrected chi connectivity index (χ3v) is 6.73. The van der Waals surface area contributed by atoms with Crippen molar-refractivity contribution in [2.75, 3.05) is 7.11 Å². The highest BCUT2D eigenvalue weighted by atomic mass is 19.1. The Bertz CT molecular complexity index is 1870. The van der Waals surface area contributed by atoms with Gasteiger partial charge in [0, 0.05) is 45.9 Å². The van der Waals surface area contributed by atoms with Gasteiger partial charge >= 0.3 is 5.97 Å². The Labute approximate surface area is 211 Å². The average molecular weight is 492 g/mol. The van der Waals surface area contributed by atoms with Gasteiger partial charge in [0.2, 0.25) is 5.91 Å². The number of para-hydroxylation sites is 2. The third kappa shape index (κ3) is 3.59. The van der Waals surface area contributed by atoms with Gasteiger partial charge in [-0.1, -0.05) is 54.6 Å². The highest BCUT2D eigenvalue weighted by molar-refractivity contribution is 6.16. The first-order chi connectivity index (χ1) is 18.0. The molecule has 3 aromatic heterocycles. The lowest BCUT2D eigenvalue weighted by molar-refractivity contribution is 0.0594. The number of esters is 1. The molecule has 0 amide bonds. The van der Waals surface area contributed by atoms with E-state index in [1.807, 2.05) is 53.1 Å². The highest BCUT2D eigenvalue weighted by Crippen LogP contribution is 2.39. The lowest BCUT2D eigenvalue weighted by Gasteiger charge is -2.12. The molecular weight excluding hydrogens is 469 g/mol. The van der Waals surface area contributed by atoms with E-state index in [9.17, 15) is 14.0 Å². The monoisotopic (exact) mass is 491 g/mol. The maximum atomic E-state index is 14.8. The van der Waals surface area contributed by atoms with E-state index in [2.05, 4.69) is 0 Å². The Kier molecular flexibility index (Phi) is 5.34. The van der Waals surface area contributed by atoms with E-state index < -0.39 is 5.97 Å². The minimum Gasteiger partial charge on any atom is -0.464 e. The summed E-state index contributed by atoms with van der Waals surface area (Å²) in [5, 5.41) is 2.51. The number of carbonyl (C=O) groups excluding carboxylic acids is 2. The van der Waals surface area contributed by atoms with Crippen LogP contribution >= 0.6 is 0 Å². The summed E-state index contributed by atoms with van der Waals surface area (Å²) in [5.41, 5.74) is 4.24. The van der Waals surface area contributed by atoms with Gasteiger partial charge in [0.05, 0.1) is 30.4 Å². The summed E-state index contributed by atoms with van der Waals surface area (Å²) in [4.78, 5) is 30.0. The molecule has 0 radical (unpaired) electrons. The van der Waals surface area contributed by atoms with Crippen LogP contribution in [0.3, 0.4) is 0 Å². The van der Waals surface area contributed by atoms with Crippen molar-refractivity contribution < 1.29 is 18.7 Å². The molecule has 0 aliphatic carbocycles. The first kappa shape index (κ1) is 22.7. The molecule has 6 rings (SSSR count). The standard InChI is InChI=1S/C30H22FN3O3/c1-18(35)33-17-23(21-11-5-7-13-26(21)33)28-29-22(15-25(32-28)30(36)37-2)20-10-4-8-14-27(20)34(29)16-19-9-3-6-12-24(19)31/h3-15,17H,16H2,1-2H3. The molecule has 182 valence electrons. The largest absolute Gasteiger partial charge is 0.464 e. The summed E-state index contributed by atoms with van der Waals surface area (Å²) >= 11 is 0. The zero-order valence-electron chi connectivity index (χ0n) is 20.2. The fourth-order valence-corrected chi connectivity index (χ4v) is 5.06. The van der Waals surface area contributed by atoms with Gasteiger partial charge in [0.1, 0.15) is 11.5 Å². The number of aromatic nitrogens is 3. The van der Waals surface area contributed by atoms with Crippen LogP contribution in [0, 0.1) is 5.82 Å². The first-order valence-electron chi connectivity index (χ1n) is 11.8. The number of methoxy groups -OCH3 is 1. The van der Waals surface area contributed by atoms with Gasteiger partial charge in [0.25, 0.3) is 0 Å². The third-order valence-electron chi connectivity index (χ3n) is 6.73. The molecule has 0 atom stereocenters. The summed E-state index contributed by atoms with van der Waals surface area (Å²) in [6.45, 7) is 1.76. The van der Waals surface area contributed by atoms with Crippen LogP contribution in [0.25, 0.3) is 44.0 Å². The van der Waals surface area contributed by atoms with Crippen LogP contribution in [0.2, 0.25) is 0 Å². The molecule has 3 heterocycles. The second-order valence-electron chi connectivity index (χ2n) is 8.89. The maximum Gasteiger partial charge on any atom is 0.356 e. The normalized spacial score (nSPS) is 11.4. The number of rotatable bonds is 4. The topological polar surface area (TPSA) is 66.1 Å². The predicted octanol–water partition coefficient (Wildman–Crippen LogP) is 6.45. The lowest BCUT2D eigenvalue weighted by Crippen LogP contribution is -2.07. The molecule has 0 spiro atoms. The number of pyridine rings is 1. The van der Waals surface area contributed by atoms with Gasteiger partial charge in [0.15, 0.2) is 0 Å². The molecule has 0 saturated heterocycles. The molecule has 0 aliphatic rings. The number of hydrogen-bond donors (Lipinski definition) is 0. The molecule has 0 unspecified atom stereocenters. The number of ether oxygens (including phenoxy) is 1. The van der Waals surface area contributed by atoms with Crippen LogP contribution < -0.4 is 0 Å². The number of nitrogens with zero attached hydrogens (tertiary/aromatic N) is 3. The van der Waals surface area contributed by atoms with Gasteiger partial charge in [-0.2, -0.15) is 0 Å². The second kappa shape index (κ2) is 8.71. The van der Waals surface area contributed by atoms with Crippen LogP contribution in [0.5, 0.6) is 0 Å². The summed E-state index contributed by atoms with van der Waals surface area (Å²) in [7, 11) is 1.32. The fourth-order valence-electron chi connectivity index (χ4n) is 5.06. The SMILES string of the molecule is COC(=O)c1cc2c3ccccc3n(Cc3ccccc3F)c2c(-c2cn(C(C)=O)c3ccccc23)n1. The molecule has 0 N–H and O–H groups in total. The smallest absolute Gasteiger partial charge is 0.356 e. The van der Waals surface area contributed by atoms with Crippen molar-refractivity contribution in [3.8, 4) is 11.3 Å². The van der Waals surface area contributed by atoms with Gasteiger partial charge < -0.3 is 9.30 Å². The first-order valence-corrected chi connectivity index (χ1v) is 11.8. The zero-order chi connectivity index (χ0) is 25.7. The number of halogens is 1. The van der Waals surface area contributed by atoms with Crippen molar-refractivity contribution in [2.45, 2.75) is 13.5 Å². The molecule has 0 aliphatic heterocycles. The Hall–Kier alpha value is -4.78. The van der Waals surface area contributed by atoms with Gasteiger partial charge in [-0.05, 0) is 24.3 Å². The maximum absolute atomic E-state index is 14.8. The van der Waals surface area contributed by atoms with Crippen molar-refractivity contribution in [1.29, 1.82) is 0 Å². The zero-order valence-corrected chi connectivity index (χ0v) is 20.2. The Balaban J connectivity index is 1.77. The number of carbonyl (C=O) groups is 2. The molecule has 0 bridgehead atoms. The lowest BCUT2D eigenvalue weighted by atomic mass is 10.1. The predicted molar refractivity (Wildman–Crippen MR) is 141 cm³/mol. The molecular formula is C30H22FN3O3. The summed E-state index contributed by atoms with van der Waals surface area (Å²) in [6.07, 6.45) is 1.75. The van der Waals surface area contributed by atoms with Crippen LogP contribution in [0.15, 0.2) is 85.1 Å². The van der Waals surface area contributed by atoms with Crippen LogP contribution in [0.1, 0.15) is 27.8 Å². The van der Waals surface area contributed by atoms with Crippen molar-refractivity contribution in [2.24, 2.45) is 0 Å². The summed E-state index contributed by atoms with van der Waals surface area (Å²) in [6, 6.07) is 23.7. The number of hydrogen-bond acceptors (Lipinski definition) is 4. The molecule has 6 nitrogen and oxygen atoms in total. The Morgan fingerprint density at radius 2 is 1.57 bits per heavy atom. The minimum atomic E-state index is -0.565. The number of fused-ring (bicyclic) bond motifs is 4. The quantitative estimate of drug-likeness (QED) is 0.266.